The topological polar surface area (TPSA) is 105 Å². The predicted molar refractivity (Wildman–Crippen MR) is 111 cm³/mol. The van der Waals surface area contributed by atoms with E-state index >= 15 is 0 Å². The van der Waals surface area contributed by atoms with Gasteiger partial charge in [-0.25, -0.2) is 4.79 Å². The summed E-state index contributed by atoms with van der Waals surface area (Å²) < 4.78 is 15.5. The van der Waals surface area contributed by atoms with E-state index in [1.165, 1.54) is 13.2 Å². The number of carbonyl (C=O) groups is 2. The molecule has 2 aromatic carbocycles. The Morgan fingerprint density at radius 1 is 1.07 bits per heavy atom. The number of nitrogens with zero attached hydrogens (tertiary/aromatic N) is 1. The number of hydrogen-bond donors (Lipinski definition) is 0. The molecule has 0 aliphatic rings. The van der Waals surface area contributed by atoms with Crippen LogP contribution in [0.25, 0.3) is 0 Å². The Labute approximate surface area is 174 Å². The highest BCUT2D eigenvalue weighted by Gasteiger charge is 2.26. The molecule has 0 amide bonds. The van der Waals surface area contributed by atoms with Crippen LogP contribution in [0.3, 0.4) is 0 Å². The molecule has 0 aromatic heterocycles. The number of ketones is 1. The van der Waals surface area contributed by atoms with Gasteiger partial charge in [-0.2, -0.15) is 0 Å². The van der Waals surface area contributed by atoms with E-state index in [4.69, 9.17) is 14.2 Å². The summed E-state index contributed by atoms with van der Waals surface area (Å²) >= 11 is 0. The zero-order valence-corrected chi connectivity index (χ0v) is 17.7. The van der Waals surface area contributed by atoms with Crippen molar-refractivity contribution in [3.63, 3.8) is 0 Å². The summed E-state index contributed by atoms with van der Waals surface area (Å²) in [5, 5.41) is 11.4. The summed E-state index contributed by atoms with van der Waals surface area (Å²) in [6, 6.07) is 9.30. The zero-order valence-electron chi connectivity index (χ0n) is 17.7. The Morgan fingerprint density at radius 2 is 1.70 bits per heavy atom. The highest BCUT2D eigenvalue weighted by molar-refractivity contribution is 6.00. The van der Waals surface area contributed by atoms with E-state index in [1.807, 2.05) is 12.1 Å². The van der Waals surface area contributed by atoms with Crippen LogP contribution >= 0.6 is 0 Å². The van der Waals surface area contributed by atoms with E-state index in [9.17, 15) is 19.7 Å². The highest BCUT2D eigenvalue weighted by atomic mass is 16.6. The van der Waals surface area contributed by atoms with Crippen molar-refractivity contribution in [3.05, 3.63) is 63.2 Å². The Bertz CT molecular complexity index is 943. The van der Waals surface area contributed by atoms with E-state index in [2.05, 4.69) is 20.8 Å². The summed E-state index contributed by atoms with van der Waals surface area (Å²) in [4.78, 5) is 35.5. The molecule has 0 radical (unpaired) electrons. The molecule has 8 nitrogen and oxygen atoms in total. The third-order valence-electron chi connectivity index (χ3n) is 4.41. The van der Waals surface area contributed by atoms with Gasteiger partial charge in [-0.05, 0) is 17.9 Å². The smallest absolute Gasteiger partial charge is 0.345 e. The molecule has 160 valence electrons. The average Bonchev–Trinajstić information content (AvgIpc) is 2.70. The van der Waals surface area contributed by atoms with Gasteiger partial charge in [0, 0.05) is 11.6 Å². The summed E-state index contributed by atoms with van der Waals surface area (Å²) in [5.41, 5.74) is 0.574. The Hall–Kier alpha value is -3.42. The number of ether oxygens (including phenoxy) is 3. The number of esters is 1. The molecule has 0 fully saturated rings. The minimum absolute atomic E-state index is 0.0559. The molecule has 0 aliphatic carbocycles. The number of nitro benzene ring substituents is 1. The molecule has 8 heteroatoms. The van der Waals surface area contributed by atoms with Crippen LogP contribution in [0, 0.1) is 10.1 Å². The van der Waals surface area contributed by atoms with Crippen LogP contribution in [-0.4, -0.2) is 37.0 Å². The molecule has 2 aromatic rings. The summed E-state index contributed by atoms with van der Waals surface area (Å²) in [5.74, 6) is -1.12. The lowest BCUT2D eigenvalue weighted by molar-refractivity contribution is -0.385. The molecular weight excluding hydrogens is 390 g/mol. The second kappa shape index (κ2) is 9.39. The third-order valence-corrected chi connectivity index (χ3v) is 4.41. The summed E-state index contributed by atoms with van der Waals surface area (Å²) in [6.45, 7) is 7.63. The SMILES string of the molecule is CCOc1cc(C(=O)OCC(=O)c2ccc(C(C)(C)C)cc2)c([N+](=O)[O-])cc1OC. The molecule has 0 aliphatic heterocycles. The van der Waals surface area contributed by atoms with Crippen LogP contribution in [0.2, 0.25) is 0 Å². The molecule has 0 spiro atoms. The van der Waals surface area contributed by atoms with Gasteiger partial charge in [0.15, 0.2) is 23.9 Å². The molecule has 0 heterocycles. The van der Waals surface area contributed by atoms with Gasteiger partial charge in [-0.1, -0.05) is 45.0 Å². The van der Waals surface area contributed by atoms with E-state index in [-0.39, 0.29) is 29.1 Å². The Morgan fingerprint density at radius 3 is 2.20 bits per heavy atom. The van der Waals surface area contributed by atoms with Gasteiger partial charge in [0.2, 0.25) is 0 Å². The van der Waals surface area contributed by atoms with Crippen molar-refractivity contribution in [1.82, 2.24) is 0 Å². The van der Waals surface area contributed by atoms with Crippen molar-refractivity contribution in [2.75, 3.05) is 20.3 Å². The first-order valence-corrected chi connectivity index (χ1v) is 9.38. The predicted octanol–water partition coefficient (Wildman–Crippen LogP) is 4.34. The maximum absolute atomic E-state index is 12.5. The lowest BCUT2D eigenvalue weighted by atomic mass is 9.86. The monoisotopic (exact) mass is 415 g/mol. The molecule has 0 saturated heterocycles. The van der Waals surface area contributed by atoms with Crippen molar-refractivity contribution in [1.29, 1.82) is 0 Å². The van der Waals surface area contributed by atoms with Crippen molar-refractivity contribution < 1.29 is 28.7 Å². The lowest BCUT2D eigenvalue weighted by Crippen LogP contribution is -2.16. The van der Waals surface area contributed by atoms with Gasteiger partial charge in [-0.15, -0.1) is 0 Å². The van der Waals surface area contributed by atoms with Crippen molar-refractivity contribution in [2.24, 2.45) is 0 Å². The first-order chi connectivity index (χ1) is 14.1. The van der Waals surface area contributed by atoms with Crippen LogP contribution in [0.1, 0.15) is 54.0 Å². The molecule has 0 saturated carbocycles. The van der Waals surface area contributed by atoms with Crippen molar-refractivity contribution >= 4 is 17.4 Å². The Balaban J connectivity index is 2.20. The molecule has 2 rings (SSSR count). The van der Waals surface area contributed by atoms with Gasteiger partial charge in [0.05, 0.1) is 24.7 Å². The number of hydrogen-bond acceptors (Lipinski definition) is 7. The molecule has 0 N–H and O–H groups in total. The number of rotatable bonds is 8. The van der Waals surface area contributed by atoms with E-state index in [1.54, 1.807) is 19.1 Å². The molecule has 0 unspecified atom stereocenters. The number of carbonyl (C=O) groups excluding carboxylic acids is 2. The van der Waals surface area contributed by atoms with Gasteiger partial charge < -0.3 is 14.2 Å². The summed E-state index contributed by atoms with van der Waals surface area (Å²) in [6.07, 6.45) is 0. The van der Waals surface area contributed by atoms with Gasteiger partial charge in [0.1, 0.15) is 5.56 Å². The third kappa shape index (κ3) is 5.34. The molecule has 0 atom stereocenters. The fourth-order valence-corrected chi connectivity index (χ4v) is 2.74. The maximum atomic E-state index is 12.5. The fraction of sp³-hybridized carbons (Fsp3) is 0.364. The van der Waals surface area contributed by atoms with Crippen LogP contribution in [0.4, 0.5) is 5.69 Å². The first-order valence-electron chi connectivity index (χ1n) is 9.38. The normalized spacial score (nSPS) is 11.0. The molecule has 0 bridgehead atoms. The minimum Gasteiger partial charge on any atom is -0.493 e. The zero-order chi connectivity index (χ0) is 22.5. The van der Waals surface area contributed by atoms with E-state index in [0.717, 1.165) is 11.6 Å². The van der Waals surface area contributed by atoms with Crippen molar-refractivity contribution in [3.8, 4) is 11.5 Å². The van der Waals surface area contributed by atoms with Gasteiger partial charge >= 0.3 is 5.97 Å². The van der Waals surface area contributed by atoms with Crippen LogP contribution in [0.5, 0.6) is 11.5 Å². The standard InChI is InChI=1S/C22H25NO7/c1-6-29-20-11-16(17(23(26)27)12-19(20)28-5)21(25)30-13-18(24)14-7-9-15(10-8-14)22(2,3)4/h7-12H,6,13H2,1-5H3. The second-order valence-electron chi connectivity index (χ2n) is 7.54. The van der Waals surface area contributed by atoms with Crippen molar-refractivity contribution in [2.45, 2.75) is 33.1 Å². The van der Waals surface area contributed by atoms with Gasteiger partial charge in [-0.3, -0.25) is 14.9 Å². The van der Waals surface area contributed by atoms with Gasteiger partial charge in [0.25, 0.3) is 5.69 Å². The van der Waals surface area contributed by atoms with Crippen LogP contribution < -0.4 is 9.47 Å². The van der Waals surface area contributed by atoms with E-state index in [0.29, 0.717) is 5.56 Å². The van der Waals surface area contributed by atoms with E-state index < -0.39 is 29.0 Å². The van der Waals surface area contributed by atoms with Crippen LogP contribution in [-0.2, 0) is 10.2 Å². The number of nitro groups is 1. The average molecular weight is 415 g/mol. The molecular formula is C22H25NO7. The quantitative estimate of drug-likeness (QED) is 0.273. The minimum atomic E-state index is -0.995. The molecule has 30 heavy (non-hydrogen) atoms. The Kier molecular flexibility index (Phi) is 7.15. The number of methoxy groups -OCH3 is 1. The van der Waals surface area contributed by atoms with Crippen LogP contribution in [0.15, 0.2) is 36.4 Å². The fourth-order valence-electron chi connectivity index (χ4n) is 2.74. The first kappa shape index (κ1) is 22.9. The number of Topliss-reactive ketones (excluding diaryl/α,β-unsaturated/α-hetero) is 1. The largest absolute Gasteiger partial charge is 0.493 e. The number of benzene rings is 2. The lowest BCUT2D eigenvalue weighted by Gasteiger charge is -2.19. The highest BCUT2D eigenvalue weighted by Crippen LogP contribution is 2.35. The summed E-state index contributed by atoms with van der Waals surface area (Å²) in [7, 11) is 1.34. The maximum Gasteiger partial charge on any atom is 0.345 e. The second-order valence-corrected chi connectivity index (χ2v) is 7.54.